The van der Waals surface area contributed by atoms with E-state index in [-0.39, 0.29) is 24.2 Å². The highest BCUT2D eigenvalue weighted by Gasteiger charge is 2.12. The summed E-state index contributed by atoms with van der Waals surface area (Å²) in [6, 6.07) is 9.70. The molecule has 0 bridgehead atoms. The first-order chi connectivity index (χ1) is 13.7. The molecule has 2 N–H and O–H groups in total. The number of halogens is 1. The third-order valence-corrected chi connectivity index (χ3v) is 4.58. The highest BCUT2D eigenvalue weighted by Crippen LogP contribution is 2.24. The summed E-state index contributed by atoms with van der Waals surface area (Å²) in [7, 11) is 0. The largest absolute Gasteiger partial charge is 0.340 e. The van der Waals surface area contributed by atoms with E-state index in [9.17, 15) is 9.18 Å². The van der Waals surface area contributed by atoms with Crippen LogP contribution in [0, 0.1) is 5.82 Å². The maximum absolute atomic E-state index is 13.3. The van der Waals surface area contributed by atoms with Gasteiger partial charge in [0.1, 0.15) is 10.8 Å². The molecule has 28 heavy (non-hydrogen) atoms. The van der Waals surface area contributed by atoms with E-state index in [1.54, 1.807) is 42.0 Å². The third kappa shape index (κ3) is 4.18. The first kappa shape index (κ1) is 17.7. The summed E-state index contributed by atoms with van der Waals surface area (Å²) < 4.78 is 18.4. The van der Waals surface area contributed by atoms with Crippen LogP contribution in [0.15, 0.2) is 58.7 Å². The zero-order chi connectivity index (χ0) is 19.3. The van der Waals surface area contributed by atoms with Gasteiger partial charge in [-0.1, -0.05) is 17.3 Å². The van der Waals surface area contributed by atoms with E-state index >= 15 is 0 Å². The van der Waals surface area contributed by atoms with Gasteiger partial charge in [-0.25, -0.2) is 14.8 Å². The summed E-state index contributed by atoms with van der Waals surface area (Å²) in [6.07, 6.45) is 3.28. The molecule has 0 saturated carbocycles. The first-order valence-electron chi connectivity index (χ1n) is 8.17. The molecule has 140 valence electrons. The van der Waals surface area contributed by atoms with Crippen LogP contribution in [0.4, 0.5) is 10.4 Å². The van der Waals surface area contributed by atoms with Crippen LogP contribution in [-0.4, -0.2) is 26.0 Å². The molecule has 10 heteroatoms. The van der Waals surface area contributed by atoms with Gasteiger partial charge in [-0.05, 0) is 24.3 Å². The molecule has 0 aliphatic heterocycles. The van der Waals surface area contributed by atoms with E-state index < -0.39 is 0 Å². The van der Waals surface area contributed by atoms with E-state index in [0.717, 1.165) is 5.56 Å². The topological polar surface area (TPSA) is 106 Å². The molecule has 8 nitrogen and oxygen atoms in total. The number of pyridine rings is 1. The molecule has 3 heterocycles. The van der Waals surface area contributed by atoms with E-state index in [1.807, 2.05) is 0 Å². The molecule has 0 aliphatic carbocycles. The van der Waals surface area contributed by atoms with Crippen molar-refractivity contribution < 1.29 is 13.7 Å². The number of hydrogen-bond donors (Lipinski definition) is 2. The number of hydrogen-bond acceptors (Lipinski definition) is 8. The Bertz CT molecular complexity index is 1100. The van der Waals surface area contributed by atoms with Crippen LogP contribution in [-0.2, 0) is 11.2 Å². The Morgan fingerprint density at radius 2 is 2.00 bits per heavy atom. The van der Waals surface area contributed by atoms with Crippen molar-refractivity contribution in [2.24, 2.45) is 0 Å². The van der Waals surface area contributed by atoms with Crippen molar-refractivity contribution in [3.63, 3.8) is 0 Å². The predicted molar refractivity (Wildman–Crippen MR) is 101 cm³/mol. The lowest BCUT2D eigenvalue weighted by Gasteiger charge is -2.02. The SMILES string of the molecule is O=C(Cc1csc(-c2cccc(F)c2)n1)NNc1nc(-c2ccncc2)no1. The molecular weight excluding hydrogens is 383 g/mol. The van der Waals surface area contributed by atoms with Gasteiger partial charge in [0.2, 0.25) is 11.7 Å². The molecular formula is C18H13FN6O2S. The number of thiazole rings is 1. The maximum Gasteiger partial charge on any atom is 0.340 e. The third-order valence-electron chi connectivity index (χ3n) is 3.64. The lowest BCUT2D eigenvalue weighted by atomic mass is 10.2. The van der Waals surface area contributed by atoms with Crippen molar-refractivity contribution in [3.8, 4) is 22.0 Å². The molecule has 1 aromatic carbocycles. The number of hydrazine groups is 1. The standard InChI is InChI=1S/C18H13FN6O2S/c19-13-3-1-2-12(8-13)17-21-14(10-28-17)9-15(26)23-24-18-22-16(25-27-18)11-4-6-20-7-5-11/h1-8,10H,9H2,(H,23,26)(H,22,24,25). The zero-order valence-corrected chi connectivity index (χ0v) is 15.1. The van der Waals surface area contributed by atoms with Gasteiger partial charge in [-0.3, -0.25) is 15.2 Å². The van der Waals surface area contributed by atoms with Crippen LogP contribution in [0.5, 0.6) is 0 Å². The monoisotopic (exact) mass is 396 g/mol. The van der Waals surface area contributed by atoms with E-state index in [1.165, 1.54) is 23.5 Å². The number of carbonyl (C=O) groups excluding carboxylic acids is 1. The fraction of sp³-hybridized carbons (Fsp3) is 0.0556. The number of benzene rings is 1. The molecule has 0 radical (unpaired) electrons. The molecule has 1 amide bonds. The summed E-state index contributed by atoms with van der Waals surface area (Å²) in [5.74, 6) is -0.292. The van der Waals surface area contributed by atoms with Crippen molar-refractivity contribution in [1.82, 2.24) is 25.5 Å². The van der Waals surface area contributed by atoms with Crippen molar-refractivity contribution in [1.29, 1.82) is 0 Å². The molecule has 0 fully saturated rings. The second kappa shape index (κ2) is 7.92. The van der Waals surface area contributed by atoms with E-state index in [4.69, 9.17) is 4.52 Å². The van der Waals surface area contributed by atoms with E-state index in [2.05, 4.69) is 31.0 Å². The maximum atomic E-state index is 13.3. The number of aromatic nitrogens is 4. The minimum absolute atomic E-state index is 0.0458. The molecule has 0 saturated heterocycles. The summed E-state index contributed by atoms with van der Waals surface area (Å²) in [4.78, 5) is 24.5. The van der Waals surface area contributed by atoms with Crippen molar-refractivity contribution >= 4 is 23.3 Å². The number of nitrogens with one attached hydrogen (secondary N) is 2. The summed E-state index contributed by atoms with van der Waals surface area (Å²) in [6.45, 7) is 0. The normalized spacial score (nSPS) is 10.6. The van der Waals surface area contributed by atoms with Gasteiger partial charge in [-0.2, -0.15) is 4.98 Å². The van der Waals surface area contributed by atoms with Gasteiger partial charge in [-0.15, -0.1) is 11.3 Å². The van der Waals surface area contributed by atoms with Crippen LogP contribution in [0.25, 0.3) is 22.0 Å². The second-order valence-corrected chi connectivity index (χ2v) is 6.52. The number of rotatable bonds is 6. The Kier molecular flexibility index (Phi) is 5.02. The zero-order valence-electron chi connectivity index (χ0n) is 14.3. The van der Waals surface area contributed by atoms with Gasteiger partial charge in [0, 0.05) is 28.9 Å². The van der Waals surface area contributed by atoms with E-state index in [0.29, 0.717) is 22.1 Å². The Morgan fingerprint density at radius 3 is 2.82 bits per heavy atom. The van der Waals surface area contributed by atoms with Crippen LogP contribution in [0.2, 0.25) is 0 Å². The number of amides is 1. The molecule has 0 atom stereocenters. The molecule has 0 aliphatic rings. The van der Waals surface area contributed by atoms with Gasteiger partial charge >= 0.3 is 6.01 Å². The molecule has 0 unspecified atom stereocenters. The fourth-order valence-corrected chi connectivity index (χ4v) is 3.18. The smallest absolute Gasteiger partial charge is 0.313 e. The van der Waals surface area contributed by atoms with Gasteiger partial charge in [0.15, 0.2) is 0 Å². The lowest BCUT2D eigenvalue weighted by molar-refractivity contribution is -0.120. The summed E-state index contributed by atoms with van der Waals surface area (Å²) >= 11 is 1.34. The van der Waals surface area contributed by atoms with Crippen molar-refractivity contribution in [3.05, 3.63) is 65.7 Å². The summed E-state index contributed by atoms with van der Waals surface area (Å²) in [5.41, 5.74) is 7.04. The quantitative estimate of drug-likeness (QED) is 0.483. The molecule has 4 aromatic rings. The Hall–Kier alpha value is -3.66. The lowest BCUT2D eigenvalue weighted by Crippen LogP contribution is -2.30. The highest BCUT2D eigenvalue weighted by molar-refractivity contribution is 7.13. The average Bonchev–Trinajstić information content (AvgIpc) is 3.37. The van der Waals surface area contributed by atoms with Crippen molar-refractivity contribution in [2.75, 3.05) is 5.43 Å². The highest BCUT2D eigenvalue weighted by atomic mass is 32.1. The fourth-order valence-electron chi connectivity index (χ4n) is 2.37. The van der Waals surface area contributed by atoms with Crippen LogP contribution in [0.3, 0.4) is 0 Å². The summed E-state index contributed by atoms with van der Waals surface area (Å²) in [5, 5.41) is 6.23. The number of carbonyl (C=O) groups is 1. The van der Waals surface area contributed by atoms with Crippen LogP contribution in [0.1, 0.15) is 5.69 Å². The molecule has 4 rings (SSSR count). The Labute approximate surface area is 162 Å². The minimum atomic E-state index is -0.334. The predicted octanol–water partition coefficient (Wildman–Crippen LogP) is 3.08. The van der Waals surface area contributed by atoms with Crippen molar-refractivity contribution in [2.45, 2.75) is 6.42 Å². The second-order valence-electron chi connectivity index (χ2n) is 5.66. The number of nitrogens with zero attached hydrogens (tertiary/aromatic N) is 4. The molecule has 0 spiro atoms. The minimum Gasteiger partial charge on any atom is -0.313 e. The number of anilines is 1. The van der Waals surface area contributed by atoms with Gasteiger partial charge in [0.05, 0.1) is 12.1 Å². The molecule has 3 aromatic heterocycles. The Morgan fingerprint density at radius 1 is 1.14 bits per heavy atom. The van der Waals surface area contributed by atoms with Gasteiger partial charge < -0.3 is 4.52 Å². The van der Waals surface area contributed by atoms with Crippen LogP contribution >= 0.6 is 11.3 Å². The van der Waals surface area contributed by atoms with Crippen LogP contribution < -0.4 is 10.9 Å². The Balaban J connectivity index is 1.34. The average molecular weight is 396 g/mol. The van der Waals surface area contributed by atoms with Gasteiger partial charge in [0.25, 0.3) is 0 Å². The first-order valence-corrected chi connectivity index (χ1v) is 9.04.